The number of carbonyl (C=O) groups is 1. The lowest BCUT2D eigenvalue weighted by atomic mass is 10.1. The van der Waals surface area contributed by atoms with Gasteiger partial charge in [-0.05, 0) is 46.7 Å². The number of anilines is 1. The SMILES string of the molecule is O=C1CS[C@@H](c2ccsc2)c2c(n(C3CCSCC3)[nH]c2=O)N1. The first-order valence-electron chi connectivity index (χ1n) is 7.59. The van der Waals surface area contributed by atoms with E-state index < -0.39 is 0 Å². The van der Waals surface area contributed by atoms with Crippen LogP contribution in [-0.2, 0) is 4.79 Å². The number of aromatic nitrogens is 2. The number of nitrogens with zero attached hydrogens (tertiary/aromatic N) is 1. The predicted octanol–water partition coefficient (Wildman–Crippen LogP) is 3.08. The number of H-pyrrole nitrogens is 1. The smallest absolute Gasteiger partial charge is 0.270 e. The van der Waals surface area contributed by atoms with Crippen LogP contribution in [0.5, 0.6) is 0 Å². The minimum absolute atomic E-state index is 0.0353. The zero-order valence-corrected chi connectivity index (χ0v) is 14.9. The molecular formula is C15H17N3O2S3. The number of nitrogens with one attached hydrogen (secondary N) is 2. The van der Waals surface area contributed by atoms with E-state index in [2.05, 4.69) is 15.8 Å². The van der Waals surface area contributed by atoms with E-state index in [1.54, 1.807) is 11.3 Å². The summed E-state index contributed by atoms with van der Waals surface area (Å²) in [4.78, 5) is 24.8. The molecule has 0 spiro atoms. The Morgan fingerprint density at radius 2 is 2.04 bits per heavy atom. The number of thiophene rings is 1. The second kappa shape index (κ2) is 6.41. The van der Waals surface area contributed by atoms with Gasteiger partial charge in [0.05, 0.1) is 22.6 Å². The van der Waals surface area contributed by atoms with Gasteiger partial charge in [-0.15, -0.1) is 11.8 Å². The van der Waals surface area contributed by atoms with Gasteiger partial charge in [0.2, 0.25) is 5.91 Å². The van der Waals surface area contributed by atoms with Gasteiger partial charge in [0.25, 0.3) is 5.56 Å². The number of thioether (sulfide) groups is 2. The van der Waals surface area contributed by atoms with Crippen LogP contribution in [0.25, 0.3) is 0 Å². The van der Waals surface area contributed by atoms with Gasteiger partial charge in [0.1, 0.15) is 5.82 Å². The fourth-order valence-corrected chi connectivity index (χ4v) is 6.12. The van der Waals surface area contributed by atoms with Crippen LogP contribution < -0.4 is 10.9 Å². The van der Waals surface area contributed by atoms with E-state index in [0.717, 1.165) is 29.9 Å². The molecule has 122 valence electrons. The van der Waals surface area contributed by atoms with Crippen LogP contribution in [0.2, 0.25) is 0 Å². The van der Waals surface area contributed by atoms with Crippen LogP contribution in [0.15, 0.2) is 21.6 Å². The quantitative estimate of drug-likeness (QED) is 0.856. The summed E-state index contributed by atoms with van der Waals surface area (Å²) in [5, 5.41) is 9.95. The minimum Gasteiger partial charge on any atom is -0.310 e. The van der Waals surface area contributed by atoms with Crippen LogP contribution in [-0.4, -0.2) is 32.9 Å². The standard InChI is InChI=1S/C15H17N3O2S3/c19-11-8-23-13(9-1-4-22-7-9)12-14(16-11)18(17-15(12)20)10-2-5-21-6-3-10/h1,4,7,10,13H,2-3,5-6,8H2,(H,16,19)(H,17,20)/t13-/m0/s1. The second-order valence-electron chi connectivity index (χ2n) is 5.71. The third-order valence-electron chi connectivity index (χ3n) is 4.27. The number of amides is 1. The van der Waals surface area contributed by atoms with Crippen molar-refractivity contribution in [2.75, 3.05) is 22.6 Å². The topological polar surface area (TPSA) is 66.9 Å². The van der Waals surface area contributed by atoms with E-state index in [0.29, 0.717) is 17.1 Å². The van der Waals surface area contributed by atoms with Crippen LogP contribution >= 0.6 is 34.9 Å². The van der Waals surface area contributed by atoms with E-state index in [1.807, 2.05) is 27.9 Å². The molecule has 1 saturated heterocycles. The van der Waals surface area contributed by atoms with Crippen LogP contribution in [0.4, 0.5) is 5.82 Å². The molecule has 0 saturated carbocycles. The molecule has 8 heteroatoms. The first kappa shape index (κ1) is 15.4. The summed E-state index contributed by atoms with van der Waals surface area (Å²) < 4.78 is 1.92. The second-order valence-corrected chi connectivity index (χ2v) is 8.81. The maximum Gasteiger partial charge on any atom is 0.270 e. The monoisotopic (exact) mass is 367 g/mol. The molecule has 0 bridgehead atoms. The van der Waals surface area contributed by atoms with Gasteiger partial charge < -0.3 is 5.32 Å². The number of aromatic amines is 1. The lowest BCUT2D eigenvalue weighted by Gasteiger charge is -2.24. The molecule has 2 N–H and O–H groups in total. The highest BCUT2D eigenvalue weighted by atomic mass is 32.2. The van der Waals surface area contributed by atoms with Crippen molar-refractivity contribution in [3.63, 3.8) is 0 Å². The lowest BCUT2D eigenvalue weighted by Crippen LogP contribution is -2.22. The minimum atomic E-state index is -0.0850. The van der Waals surface area contributed by atoms with Crippen molar-refractivity contribution in [2.24, 2.45) is 0 Å². The van der Waals surface area contributed by atoms with Crippen molar-refractivity contribution in [1.29, 1.82) is 0 Å². The Balaban J connectivity index is 1.82. The van der Waals surface area contributed by atoms with Gasteiger partial charge in [-0.2, -0.15) is 23.1 Å². The Kier molecular flexibility index (Phi) is 4.29. The van der Waals surface area contributed by atoms with Gasteiger partial charge >= 0.3 is 0 Å². The molecule has 1 amide bonds. The maximum atomic E-state index is 12.6. The molecule has 0 unspecified atom stereocenters. The highest BCUT2D eigenvalue weighted by molar-refractivity contribution is 8.00. The molecule has 1 fully saturated rings. The van der Waals surface area contributed by atoms with Crippen molar-refractivity contribution in [3.05, 3.63) is 38.3 Å². The third-order valence-corrected chi connectivity index (χ3v) is 7.29. The largest absolute Gasteiger partial charge is 0.310 e. The lowest BCUT2D eigenvalue weighted by molar-refractivity contribution is -0.113. The molecule has 5 nitrogen and oxygen atoms in total. The Bertz CT molecular complexity index is 760. The Morgan fingerprint density at radius 1 is 1.22 bits per heavy atom. The van der Waals surface area contributed by atoms with Crippen molar-refractivity contribution >= 4 is 46.6 Å². The Labute approximate surface area is 146 Å². The number of rotatable bonds is 2. The van der Waals surface area contributed by atoms with E-state index in [1.165, 1.54) is 11.8 Å². The predicted molar refractivity (Wildman–Crippen MR) is 97.9 cm³/mol. The average molecular weight is 368 g/mol. The highest BCUT2D eigenvalue weighted by Crippen LogP contribution is 2.41. The summed E-state index contributed by atoms with van der Waals surface area (Å²) in [6.45, 7) is 0. The van der Waals surface area contributed by atoms with E-state index in [9.17, 15) is 9.59 Å². The molecule has 2 aromatic heterocycles. The van der Waals surface area contributed by atoms with E-state index >= 15 is 0 Å². The van der Waals surface area contributed by atoms with Crippen molar-refractivity contribution in [1.82, 2.24) is 9.78 Å². The molecule has 4 heterocycles. The summed E-state index contributed by atoms with van der Waals surface area (Å²) in [5.74, 6) is 3.20. The highest BCUT2D eigenvalue weighted by Gasteiger charge is 2.32. The fraction of sp³-hybridized carbons (Fsp3) is 0.467. The van der Waals surface area contributed by atoms with E-state index in [-0.39, 0.29) is 22.8 Å². The normalized spacial score (nSPS) is 22.4. The molecule has 2 aromatic rings. The van der Waals surface area contributed by atoms with Crippen LogP contribution in [0.1, 0.15) is 35.3 Å². The molecule has 23 heavy (non-hydrogen) atoms. The molecule has 0 aromatic carbocycles. The summed E-state index contributed by atoms with van der Waals surface area (Å²) >= 11 is 5.08. The molecule has 2 aliphatic rings. The zero-order valence-electron chi connectivity index (χ0n) is 12.4. The first-order chi connectivity index (χ1) is 11.2. The Hall–Kier alpha value is -1.12. The molecule has 0 radical (unpaired) electrons. The van der Waals surface area contributed by atoms with Gasteiger partial charge in [-0.1, -0.05) is 0 Å². The first-order valence-corrected chi connectivity index (χ1v) is 10.7. The number of hydrogen-bond donors (Lipinski definition) is 2. The van der Waals surface area contributed by atoms with Gasteiger partial charge in [-0.3, -0.25) is 19.4 Å². The van der Waals surface area contributed by atoms with Gasteiger partial charge in [0, 0.05) is 0 Å². The van der Waals surface area contributed by atoms with Gasteiger partial charge in [0.15, 0.2) is 0 Å². The summed E-state index contributed by atoms with van der Waals surface area (Å²) in [5.41, 5.74) is 1.71. The molecule has 0 aliphatic carbocycles. The van der Waals surface area contributed by atoms with Gasteiger partial charge in [-0.25, -0.2) is 0 Å². The molecule has 1 atom stereocenters. The number of hydrogen-bond acceptors (Lipinski definition) is 5. The van der Waals surface area contributed by atoms with Crippen LogP contribution in [0, 0.1) is 0 Å². The zero-order chi connectivity index (χ0) is 15.8. The molecule has 4 rings (SSSR count). The summed E-state index contributed by atoms with van der Waals surface area (Å²) in [6, 6.07) is 2.30. The van der Waals surface area contributed by atoms with E-state index in [4.69, 9.17) is 0 Å². The van der Waals surface area contributed by atoms with Crippen molar-refractivity contribution in [3.8, 4) is 0 Å². The summed E-state index contributed by atoms with van der Waals surface area (Å²) in [6.07, 6.45) is 2.04. The average Bonchev–Trinajstić information content (AvgIpc) is 3.15. The fourth-order valence-electron chi connectivity index (χ4n) is 3.15. The Morgan fingerprint density at radius 3 is 2.78 bits per heavy atom. The summed E-state index contributed by atoms with van der Waals surface area (Å²) in [7, 11) is 0. The number of fused-ring (bicyclic) bond motifs is 1. The van der Waals surface area contributed by atoms with Crippen LogP contribution in [0.3, 0.4) is 0 Å². The molecule has 2 aliphatic heterocycles. The van der Waals surface area contributed by atoms with Crippen molar-refractivity contribution < 1.29 is 4.79 Å². The molecular weight excluding hydrogens is 350 g/mol. The third kappa shape index (κ3) is 2.88. The van der Waals surface area contributed by atoms with Crippen molar-refractivity contribution in [2.45, 2.75) is 24.1 Å². The maximum absolute atomic E-state index is 12.6. The number of carbonyl (C=O) groups excluding carboxylic acids is 1.